The van der Waals surface area contributed by atoms with Gasteiger partial charge in [0.15, 0.2) is 5.82 Å². The minimum atomic E-state index is -3.01. The van der Waals surface area contributed by atoms with E-state index in [1.807, 2.05) is 0 Å². The molecule has 0 saturated carbocycles. The number of halogens is 4. The van der Waals surface area contributed by atoms with Crippen LogP contribution >= 0.6 is 11.6 Å². The van der Waals surface area contributed by atoms with E-state index in [1.54, 1.807) is 0 Å². The van der Waals surface area contributed by atoms with E-state index < -0.39 is 23.7 Å². The predicted molar refractivity (Wildman–Crippen MR) is 40.4 cm³/mol. The highest BCUT2D eigenvalue weighted by Gasteiger charge is 2.20. The summed E-state index contributed by atoms with van der Waals surface area (Å²) >= 11 is 5.24. The lowest BCUT2D eigenvalue weighted by atomic mass is 10.2. The number of pyridine rings is 1. The van der Waals surface area contributed by atoms with Crippen molar-refractivity contribution in [2.45, 2.75) is 12.3 Å². The number of hydrogen-bond acceptors (Lipinski definition) is 2. The van der Waals surface area contributed by atoms with Crippen LogP contribution in [-0.2, 0) is 5.88 Å². The molecule has 0 bridgehead atoms. The third kappa shape index (κ3) is 1.85. The van der Waals surface area contributed by atoms with Crippen LogP contribution in [0.5, 0.6) is 5.75 Å². The molecule has 6 heteroatoms. The first-order chi connectivity index (χ1) is 6.07. The molecule has 0 unspecified atom stereocenters. The van der Waals surface area contributed by atoms with Crippen molar-refractivity contribution < 1.29 is 18.3 Å². The molecule has 0 fully saturated rings. The maximum atomic E-state index is 13.0. The van der Waals surface area contributed by atoms with E-state index in [9.17, 15) is 13.2 Å². The lowest BCUT2D eigenvalue weighted by Gasteiger charge is -2.05. The summed E-state index contributed by atoms with van der Waals surface area (Å²) in [6, 6.07) is 0. The zero-order chi connectivity index (χ0) is 10.0. The molecule has 0 spiro atoms. The Labute approximate surface area is 77.0 Å². The second-order valence-corrected chi connectivity index (χ2v) is 2.52. The minimum Gasteiger partial charge on any atom is -0.506 e. The normalized spacial score (nSPS) is 10.8. The van der Waals surface area contributed by atoms with Crippen LogP contribution in [0.3, 0.4) is 0 Å². The van der Waals surface area contributed by atoms with E-state index in [0.717, 1.165) is 6.20 Å². The van der Waals surface area contributed by atoms with Crippen LogP contribution in [0.4, 0.5) is 13.2 Å². The quantitative estimate of drug-likeness (QED) is 0.763. The Morgan fingerprint density at radius 1 is 1.54 bits per heavy atom. The van der Waals surface area contributed by atoms with Gasteiger partial charge in [0, 0.05) is 5.56 Å². The Bertz CT molecular complexity index is 319. The van der Waals surface area contributed by atoms with Gasteiger partial charge in [-0.05, 0) is 0 Å². The molecule has 0 aliphatic carbocycles. The summed E-state index contributed by atoms with van der Waals surface area (Å²) in [5, 5.41) is 8.97. The van der Waals surface area contributed by atoms with Gasteiger partial charge in [-0.1, -0.05) is 0 Å². The Balaban J connectivity index is 3.27. The third-order valence-corrected chi connectivity index (χ3v) is 1.73. The van der Waals surface area contributed by atoms with E-state index in [0.29, 0.717) is 0 Å². The van der Waals surface area contributed by atoms with Gasteiger partial charge in [-0.3, -0.25) is 0 Å². The fourth-order valence-corrected chi connectivity index (χ4v) is 1.07. The molecular weight excluding hydrogens is 207 g/mol. The van der Waals surface area contributed by atoms with Crippen LogP contribution < -0.4 is 0 Å². The fraction of sp³-hybridized carbons (Fsp3) is 0.286. The van der Waals surface area contributed by atoms with Gasteiger partial charge in [0.1, 0.15) is 11.4 Å². The van der Waals surface area contributed by atoms with Crippen LogP contribution in [-0.4, -0.2) is 10.1 Å². The second-order valence-electron chi connectivity index (χ2n) is 2.26. The van der Waals surface area contributed by atoms with Crippen molar-refractivity contribution in [3.63, 3.8) is 0 Å². The molecule has 1 N–H and O–H groups in total. The topological polar surface area (TPSA) is 33.1 Å². The summed E-state index contributed by atoms with van der Waals surface area (Å²) in [6.45, 7) is 0. The molecule has 0 saturated heterocycles. The van der Waals surface area contributed by atoms with Crippen molar-refractivity contribution in [2.24, 2.45) is 0 Å². The fourth-order valence-electron chi connectivity index (χ4n) is 0.812. The molecule has 1 aromatic heterocycles. The maximum Gasteiger partial charge on any atom is 0.283 e. The summed E-state index contributed by atoms with van der Waals surface area (Å²) < 4.78 is 37.1. The van der Waals surface area contributed by atoms with Gasteiger partial charge in [0.25, 0.3) is 6.43 Å². The Kier molecular flexibility index (Phi) is 2.98. The van der Waals surface area contributed by atoms with E-state index in [1.165, 1.54) is 0 Å². The first-order valence-electron chi connectivity index (χ1n) is 3.28. The molecule has 72 valence electrons. The highest BCUT2D eigenvalue weighted by molar-refractivity contribution is 6.17. The largest absolute Gasteiger partial charge is 0.506 e. The Morgan fingerprint density at radius 3 is 2.62 bits per heavy atom. The number of rotatable bonds is 2. The summed E-state index contributed by atoms with van der Waals surface area (Å²) in [5.74, 6) is -2.14. The molecule has 0 aromatic carbocycles. The lowest BCUT2D eigenvalue weighted by molar-refractivity contribution is 0.140. The average Bonchev–Trinajstić information content (AvgIpc) is 2.04. The van der Waals surface area contributed by atoms with Gasteiger partial charge in [-0.25, -0.2) is 18.2 Å². The van der Waals surface area contributed by atoms with Crippen LogP contribution in [0.2, 0.25) is 0 Å². The molecule has 2 nitrogen and oxygen atoms in total. The lowest BCUT2D eigenvalue weighted by Crippen LogP contribution is -1.99. The van der Waals surface area contributed by atoms with Crippen LogP contribution in [0, 0.1) is 5.82 Å². The highest BCUT2D eigenvalue weighted by atomic mass is 35.5. The van der Waals surface area contributed by atoms with Crippen molar-refractivity contribution >= 4 is 11.6 Å². The Morgan fingerprint density at radius 2 is 2.15 bits per heavy atom. The van der Waals surface area contributed by atoms with Crippen LogP contribution in [0.15, 0.2) is 6.20 Å². The molecule has 13 heavy (non-hydrogen) atoms. The van der Waals surface area contributed by atoms with E-state index >= 15 is 0 Å². The second kappa shape index (κ2) is 3.83. The molecule has 0 aliphatic heterocycles. The van der Waals surface area contributed by atoms with Gasteiger partial charge >= 0.3 is 0 Å². The average molecular weight is 212 g/mol. The van der Waals surface area contributed by atoms with Crippen molar-refractivity contribution in [1.29, 1.82) is 0 Å². The standard InChI is InChI=1S/C7H5ClF3NO/c8-1-3-4(13)2-12-6(5(3)9)7(10)11/h2,7,13H,1H2. The minimum absolute atomic E-state index is 0.355. The first kappa shape index (κ1) is 10.1. The molecular formula is C7H5ClF3NO. The highest BCUT2D eigenvalue weighted by Crippen LogP contribution is 2.28. The number of nitrogens with zero attached hydrogens (tertiary/aromatic N) is 1. The summed E-state index contributed by atoms with van der Waals surface area (Å²) in [7, 11) is 0. The number of hydrogen-bond donors (Lipinski definition) is 1. The van der Waals surface area contributed by atoms with Crippen LogP contribution in [0.25, 0.3) is 0 Å². The number of aromatic nitrogens is 1. The zero-order valence-electron chi connectivity index (χ0n) is 6.27. The predicted octanol–water partition coefficient (Wildman–Crippen LogP) is 2.60. The van der Waals surface area contributed by atoms with Gasteiger partial charge in [-0.15, -0.1) is 11.6 Å². The van der Waals surface area contributed by atoms with Gasteiger partial charge in [0.05, 0.1) is 12.1 Å². The summed E-state index contributed by atoms with van der Waals surface area (Å²) in [4.78, 5) is 3.05. The monoisotopic (exact) mass is 211 g/mol. The zero-order valence-corrected chi connectivity index (χ0v) is 7.02. The first-order valence-corrected chi connectivity index (χ1v) is 3.81. The van der Waals surface area contributed by atoms with Crippen molar-refractivity contribution in [3.8, 4) is 5.75 Å². The number of aromatic hydroxyl groups is 1. The molecule has 1 rings (SSSR count). The van der Waals surface area contributed by atoms with Gasteiger partial charge < -0.3 is 5.11 Å². The van der Waals surface area contributed by atoms with Crippen LogP contribution in [0.1, 0.15) is 17.7 Å². The van der Waals surface area contributed by atoms with Crippen molar-refractivity contribution in [3.05, 3.63) is 23.3 Å². The number of alkyl halides is 3. The summed E-state index contributed by atoms with van der Waals surface area (Å²) in [5.41, 5.74) is -1.35. The molecule has 1 aromatic rings. The third-order valence-electron chi connectivity index (χ3n) is 1.47. The SMILES string of the molecule is Oc1cnc(C(F)F)c(F)c1CCl. The van der Waals surface area contributed by atoms with E-state index in [2.05, 4.69) is 4.98 Å². The molecule has 0 radical (unpaired) electrons. The van der Waals surface area contributed by atoms with Gasteiger partial charge in [0.2, 0.25) is 0 Å². The molecule has 0 amide bonds. The van der Waals surface area contributed by atoms with Crippen molar-refractivity contribution in [2.75, 3.05) is 0 Å². The molecule has 0 aliphatic rings. The molecule has 0 atom stereocenters. The van der Waals surface area contributed by atoms with E-state index in [-0.39, 0.29) is 11.4 Å². The van der Waals surface area contributed by atoms with Crippen molar-refractivity contribution in [1.82, 2.24) is 4.98 Å². The van der Waals surface area contributed by atoms with E-state index in [4.69, 9.17) is 16.7 Å². The summed E-state index contributed by atoms with van der Waals surface area (Å²) in [6.07, 6.45) is -2.26. The maximum absolute atomic E-state index is 13.0. The Hall–Kier alpha value is -0.970. The molecule has 1 heterocycles. The van der Waals surface area contributed by atoms with Gasteiger partial charge in [-0.2, -0.15) is 0 Å². The smallest absolute Gasteiger partial charge is 0.283 e.